The molecule has 4 rings (SSSR count). The van der Waals surface area contributed by atoms with Crippen molar-refractivity contribution in [1.82, 2.24) is 5.01 Å². The number of hydrogen-bond donors (Lipinski definition) is 0. The zero-order chi connectivity index (χ0) is 19.8. The molecule has 142 valence electrons. The molecule has 28 heavy (non-hydrogen) atoms. The van der Waals surface area contributed by atoms with Gasteiger partial charge in [-0.05, 0) is 36.4 Å². The summed E-state index contributed by atoms with van der Waals surface area (Å²) in [7, 11) is 1.62. The fraction of sp³-hybridized carbons (Fsp3) is 0.211. The lowest BCUT2D eigenvalue weighted by Crippen LogP contribution is -2.45. The van der Waals surface area contributed by atoms with Crippen molar-refractivity contribution in [1.29, 1.82) is 0 Å². The third kappa shape index (κ3) is 2.90. The van der Waals surface area contributed by atoms with E-state index in [1.807, 2.05) is 18.2 Å². The summed E-state index contributed by atoms with van der Waals surface area (Å²) in [4.78, 5) is 40.5. The normalized spacial score (nSPS) is 20.6. The number of halogens is 1. The molecule has 2 aromatic rings. The summed E-state index contributed by atoms with van der Waals surface area (Å²) in [5.41, 5.74) is 0.954. The molecule has 9 heteroatoms. The molecule has 2 aliphatic rings. The Morgan fingerprint density at radius 3 is 2.43 bits per heavy atom. The average Bonchev–Trinajstić information content (AvgIpc) is 3.23. The molecular weight excluding hydrogens is 365 g/mol. The molecule has 0 aromatic heterocycles. The molecule has 0 spiro atoms. The van der Waals surface area contributed by atoms with Gasteiger partial charge in [0.25, 0.3) is 11.8 Å². The van der Waals surface area contributed by atoms with Crippen molar-refractivity contribution in [2.45, 2.75) is 12.1 Å². The van der Waals surface area contributed by atoms with Crippen LogP contribution in [0.1, 0.15) is 0 Å². The highest BCUT2D eigenvalue weighted by Gasteiger charge is 2.55. The van der Waals surface area contributed by atoms with E-state index in [2.05, 4.69) is 10.3 Å². The molecule has 2 atom stereocenters. The SMILES string of the molecule is CN(C(=O)CN1N=N[C@@H]2C(=O)N(c3ccc(F)cc3)C(=O)[C@H]21)c1ccccc1. The van der Waals surface area contributed by atoms with Gasteiger partial charge >= 0.3 is 0 Å². The summed E-state index contributed by atoms with van der Waals surface area (Å²) in [6.07, 6.45) is 0. The zero-order valence-corrected chi connectivity index (χ0v) is 14.9. The van der Waals surface area contributed by atoms with Gasteiger partial charge in [-0.2, -0.15) is 5.11 Å². The number of imide groups is 1. The zero-order valence-electron chi connectivity index (χ0n) is 14.9. The lowest BCUT2D eigenvalue weighted by Gasteiger charge is -2.23. The Labute approximate surface area is 159 Å². The van der Waals surface area contributed by atoms with Crippen molar-refractivity contribution in [2.24, 2.45) is 10.3 Å². The first kappa shape index (κ1) is 17.8. The van der Waals surface area contributed by atoms with Gasteiger partial charge in [0.15, 0.2) is 12.1 Å². The number of nitrogens with zero attached hydrogens (tertiary/aromatic N) is 5. The molecule has 1 fully saturated rings. The minimum atomic E-state index is -1.01. The number of benzene rings is 2. The minimum Gasteiger partial charge on any atom is -0.314 e. The Balaban J connectivity index is 1.52. The molecule has 2 heterocycles. The predicted molar refractivity (Wildman–Crippen MR) is 97.9 cm³/mol. The van der Waals surface area contributed by atoms with Crippen LogP contribution in [0.3, 0.4) is 0 Å². The van der Waals surface area contributed by atoms with Gasteiger partial charge in [-0.15, -0.1) is 0 Å². The maximum absolute atomic E-state index is 13.1. The maximum Gasteiger partial charge on any atom is 0.263 e. The Morgan fingerprint density at radius 2 is 1.75 bits per heavy atom. The maximum atomic E-state index is 13.1. The summed E-state index contributed by atoms with van der Waals surface area (Å²) < 4.78 is 13.1. The summed E-state index contributed by atoms with van der Waals surface area (Å²) >= 11 is 0. The summed E-state index contributed by atoms with van der Waals surface area (Å²) in [6, 6.07) is 12.1. The number of amides is 3. The molecular formula is C19H16FN5O3. The Kier molecular flexibility index (Phi) is 4.34. The van der Waals surface area contributed by atoms with E-state index in [-0.39, 0.29) is 18.1 Å². The van der Waals surface area contributed by atoms with E-state index in [4.69, 9.17) is 0 Å². The highest BCUT2D eigenvalue weighted by molar-refractivity contribution is 6.25. The third-order valence-electron chi connectivity index (χ3n) is 4.76. The fourth-order valence-corrected chi connectivity index (χ4v) is 3.24. The second-order valence-corrected chi connectivity index (χ2v) is 6.47. The van der Waals surface area contributed by atoms with Gasteiger partial charge in [-0.1, -0.05) is 23.4 Å². The summed E-state index contributed by atoms with van der Waals surface area (Å²) in [5, 5.41) is 8.98. The number of fused-ring (bicyclic) bond motifs is 1. The van der Waals surface area contributed by atoms with Gasteiger partial charge in [0.05, 0.1) is 5.69 Å². The molecule has 8 nitrogen and oxygen atoms in total. The Bertz CT molecular complexity index is 963. The Hall–Kier alpha value is -3.62. The van der Waals surface area contributed by atoms with Gasteiger partial charge < -0.3 is 4.90 Å². The smallest absolute Gasteiger partial charge is 0.263 e. The molecule has 0 N–H and O–H groups in total. The summed E-state index contributed by atoms with van der Waals surface area (Å²) in [6.45, 7) is -0.202. The van der Waals surface area contributed by atoms with E-state index in [0.717, 1.165) is 4.90 Å². The van der Waals surface area contributed by atoms with Crippen LogP contribution in [0.25, 0.3) is 0 Å². The van der Waals surface area contributed by atoms with Crippen molar-refractivity contribution < 1.29 is 18.8 Å². The van der Waals surface area contributed by atoms with Crippen molar-refractivity contribution in [3.8, 4) is 0 Å². The molecule has 0 bridgehead atoms. The molecule has 0 unspecified atom stereocenters. The summed E-state index contributed by atoms with van der Waals surface area (Å²) in [5.74, 6) is -1.86. The highest BCUT2D eigenvalue weighted by atomic mass is 19.1. The van der Waals surface area contributed by atoms with Gasteiger partial charge in [0.2, 0.25) is 5.91 Å². The first-order chi connectivity index (χ1) is 13.5. The molecule has 2 aromatic carbocycles. The van der Waals surface area contributed by atoms with Crippen LogP contribution in [0.2, 0.25) is 0 Å². The first-order valence-electron chi connectivity index (χ1n) is 8.60. The van der Waals surface area contributed by atoms with Gasteiger partial charge in [-0.3, -0.25) is 19.4 Å². The largest absolute Gasteiger partial charge is 0.314 e. The van der Waals surface area contributed by atoms with Crippen molar-refractivity contribution in [2.75, 3.05) is 23.4 Å². The lowest BCUT2D eigenvalue weighted by molar-refractivity contribution is -0.124. The number of anilines is 2. The van der Waals surface area contributed by atoms with E-state index >= 15 is 0 Å². The van der Waals surface area contributed by atoms with E-state index in [0.29, 0.717) is 5.69 Å². The third-order valence-corrected chi connectivity index (χ3v) is 4.76. The van der Waals surface area contributed by atoms with Gasteiger partial charge in [-0.25, -0.2) is 9.29 Å². The molecule has 1 saturated heterocycles. The van der Waals surface area contributed by atoms with Crippen LogP contribution in [0.4, 0.5) is 15.8 Å². The predicted octanol–water partition coefficient (Wildman–Crippen LogP) is 1.78. The van der Waals surface area contributed by atoms with Crippen LogP contribution >= 0.6 is 0 Å². The number of likely N-dealkylation sites (N-methyl/N-ethyl adjacent to an activating group) is 1. The Morgan fingerprint density at radius 1 is 1.07 bits per heavy atom. The standard InChI is InChI=1S/C19H16FN5O3/c1-23(13-5-3-2-4-6-13)15(26)11-24-17-16(21-22-24)18(27)25(19(17)28)14-9-7-12(20)8-10-14/h2-10,16-17H,11H2,1H3/t16-,17-/m0/s1. The molecule has 0 saturated carbocycles. The van der Waals surface area contributed by atoms with Crippen LogP contribution in [0.5, 0.6) is 0 Å². The van der Waals surface area contributed by atoms with Crippen LogP contribution in [0.15, 0.2) is 64.9 Å². The van der Waals surface area contributed by atoms with Crippen LogP contribution in [-0.4, -0.2) is 48.4 Å². The van der Waals surface area contributed by atoms with E-state index in [1.165, 1.54) is 34.2 Å². The number of carbonyl (C=O) groups is 3. The number of rotatable bonds is 4. The van der Waals surface area contributed by atoms with Gasteiger partial charge in [0.1, 0.15) is 12.4 Å². The number of hydrogen-bond acceptors (Lipinski definition) is 6. The first-order valence-corrected chi connectivity index (χ1v) is 8.60. The topological polar surface area (TPSA) is 85.7 Å². The number of para-hydroxylation sites is 1. The second-order valence-electron chi connectivity index (χ2n) is 6.47. The van der Waals surface area contributed by atoms with Crippen LogP contribution < -0.4 is 9.80 Å². The van der Waals surface area contributed by atoms with E-state index in [9.17, 15) is 18.8 Å². The molecule has 2 aliphatic heterocycles. The monoisotopic (exact) mass is 381 g/mol. The highest BCUT2D eigenvalue weighted by Crippen LogP contribution is 2.32. The van der Waals surface area contributed by atoms with Crippen molar-refractivity contribution >= 4 is 29.1 Å². The second kappa shape index (κ2) is 6.84. The van der Waals surface area contributed by atoms with E-state index < -0.39 is 29.7 Å². The lowest BCUT2D eigenvalue weighted by atomic mass is 10.1. The minimum absolute atomic E-state index is 0.202. The van der Waals surface area contributed by atoms with E-state index in [1.54, 1.807) is 19.2 Å². The quantitative estimate of drug-likeness (QED) is 0.756. The molecule has 0 aliphatic carbocycles. The van der Waals surface area contributed by atoms with Crippen LogP contribution in [-0.2, 0) is 14.4 Å². The van der Waals surface area contributed by atoms with Crippen molar-refractivity contribution in [3.63, 3.8) is 0 Å². The van der Waals surface area contributed by atoms with Crippen LogP contribution in [0, 0.1) is 5.82 Å². The number of carbonyl (C=O) groups excluding carboxylic acids is 3. The van der Waals surface area contributed by atoms with Crippen molar-refractivity contribution in [3.05, 3.63) is 60.4 Å². The average molecular weight is 381 g/mol. The molecule has 0 radical (unpaired) electrons. The molecule has 3 amide bonds. The fourth-order valence-electron chi connectivity index (χ4n) is 3.24. The van der Waals surface area contributed by atoms with Gasteiger partial charge in [0, 0.05) is 12.7 Å².